The van der Waals surface area contributed by atoms with Crippen LogP contribution in [0.2, 0.25) is 0 Å². The standard InChI is InChI=1S/C12H14N4O3/c1-8-3-12(19-15-8)7-14-10-4-9(13-2)5-11(6-10)16(17)18/h3-6,13-14H,7H2,1-2H3. The SMILES string of the molecule is CNc1cc(NCc2cc(C)no2)cc([N+](=O)[O-])c1. The fourth-order valence-electron chi connectivity index (χ4n) is 1.65. The molecule has 100 valence electrons. The van der Waals surface area contributed by atoms with Gasteiger partial charge in [-0.3, -0.25) is 10.1 Å². The minimum Gasteiger partial charge on any atom is -0.388 e. The molecule has 0 unspecified atom stereocenters. The Labute approximate surface area is 109 Å². The van der Waals surface area contributed by atoms with Crippen molar-refractivity contribution in [3.63, 3.8) is 0 Å². The van der Waals surface area contributed by atoms with E-state index in [2.05, 4.69) is 15.8 Å². The first-order valence-corrected chi connectivity index (χ1v) is 5.72. The van der Waals surface area contributed by atoms with Gasteiger partial charge in [-0.05, 0) is 13.0 Å². The molecule has 19 heavy (non-hydrogen) atoms. The molecule has 0 bridgehead atoms. The van der Waals surface area contributed by atoms with Crippen molar-refractivity contribution < 1.29 is 9.45 Å². The van der Waals surface area contributed by atoms with Crippen LogP contribution in [0, 0.1) is 17.0 Å². The summed E-state index contributed by atoms with van der Waals surface area (Å²) in [5.41, 5.74) is 2.15. The lowest BCUT2D eigenvalue weighted by molar-refractivity contribution is -0.384. The van der Waals surface area contributed by atoms with Crippen molar-refractivity contribution in [2.24, 2.45) is 0 Å². The summed E-state index contributed by atoms with van der Waals surface area (Å²) in [6.07, 6.45) is 0. The lowest BCUT2D eigenvalue weighted by Gasteiger charge is -2.07. The highest BCUT2D eigenvalue weighted by atomic mass is 16.6. The Bertz CT molecular complexity index is 594. The molecular weight excluding hydrogens is 248 g/mol. The molecule has 0 spiro atoms. The Hall–Kier alpha value is -2.57. The zero-order chi connectivity index (χ0) is 13.8. The molecule has 1 aromatic carbocycles. The number of benzene rings is 1. The van der Waals surface area contributed by atoms with Crippen LogP contribution in [0.15, 0.2) is 28.8 Å². The maximum atomic E-state index is 10.8. The van der Waals surface area contributed by atoms with Crippen LogP contribution in [-0.2, 0) is 6.54 Å². The van der Waals surface area contributed by atoms with Crippen molar-refractivity contribution >= 4 is 17.1 Å². The van der Waals surface area contributed by atoms with Crippen molar-refractivity contribution in [2.45, 2.75) is 13.5 Å². The first-order chi connectivity index (χ1) is 9.08. The van der Waals surface area contributed by atoms with Crippen molar-refractivity contribution in [1.82, 2.24) is 5.16 Å². The maximum absolute atomic E-state index is 10.8. The van der Waals surface area contributed by atoms with E-state index >= 15 is 0 Å². The monoisotopic (exact) mass is 262 g/mol. The molecule has 0 aliphatic carbocycles. The number of hydrogen-bond donors (Lipinski definition) is 2. The number of nitrogens with zero attached hydrogens (tertiary/aromatic N) is 2. The fourth-order valence-corrected chi connectivity index (χ4v) is 1.65. The lowest BCUT2D eigenvalue weighted by Crippen LogP contribution is -2.00. The molecule has 7 nitrogen and oxygen atoms in total. The molecule has 0 radical (unpaired) electrons. The molecule has 1 aromatic heterocycles. The molecule has 7 heteroatoms. The molecule has 2 rings (SSSR count). The average Bonchev–Trinajstić information content (AvgIpc) is 2.81. The average molecular weight is 262 g/mol. The second-order valence-electron chi connectivity index (χ2n) is 4.06. The van der Waals surface area contributed by atoms with Crippen molar-refractivity contribution in [1.29, 1.82) is 0 Å². The van der Waals surface area contributed by atoms with Gasteiger partial charge in [-0.15, -0.1) is 0 Å². The van der Waals surface area contributed by atoms with Crippen molar-refractivity contribution in [2.75, 3.05) is 17.7 Å². The summed E-state index contributed by atoms with van der Waals surface area (Å²) in [6.45, 7) is 2.25. The zero-order valence-electron chi connectivity index (χ0n) is 10.6. The highest BCUT2D eigenvalue weighted by Crippen LogP contribution is 2.24. The molecule has 0 aliphatic rings. The second-order valence-corrected chi connectivity index (χ2v) is 4.06. The van der Waals surface area contributed by atoms with Gasteiger partial charge in [0.25, 0.3) is 5.69 Å². The number of anilines is 2. The number of aromatic nitrogens is 1. The van der Waals surface area contributed by atoms with Crippen LogP contribution >= 0.6 is 0 Å². The van der Waals surface area contributed by atoms with Gasteiger partial charge in [-0.1, -0.05) is 5.16 Å². The number of nitro benzene ring substituents is 1. The zero-order valence-corrected chi connectivity index (χ0v) is 10.6. The fraction of sp³-hybridized carbons (Fsp3) is 0.250. The Morgan fingerprint density at radius 3 is 2.63 bits per heavy atom. The highest BCUT2D eigenvalue weighted by Gasteiger charge is 2.09. The summed E-state index contributed by atoms with van der Waals surface area (Å²) in [5, 5.41) is 20.5. The summed E-state index contributed by atoms with van der Waals surface area (Å²) in [4.78, 5) is 10.4. The normalized spacial score (nSPS) is 10.2. The summed E-state index contributed by atoms with van der Waals surface area (Å²) in [5.74, 6) is 0.676. The van der Waals surface area contributed by atoms with Gasteiger partial charge in [0, 0.05) is 36.6 Å². The molecule has 2 N–H and O–H groups in total. The van der Waals surface area contributed by atoms with E-state index in [0.717, 1.165) is 5.69 Å². The first kappa shape index (κ1) is 12.9. The van der Waals surface area contributed by atoms with Crippen LogP contribution in [0.25, 0.3) is 0 Å². The van der Waals surface area contributed by atoms with Gasteiger partial charge in [-0.25, -0.2) is 0 Å². The van der Waals surface area contributed by atoms with Crippen LogP contribution in [-0.4, -0.2) is 17.1 Å². The Morgan fingerprint density at radius 2 is 2.05 bits per heavy atom. The van der Waals surface area contributed by atoms with E-state index in [4.69, 9.17) is 4.52 Å². The highest BCUT2D eigenvalue weighted by molar-refractivity contribution is 5.63. The van der Waals surface area contributed by atoms with Gasteiger partial charge in [0.15, 0.2) is 5.76 Å². The Morgan fingerprint density at radius 1 is 1.32 bits per heavy atom. The molecule has 2 aromatic rings. The third-order valence-electron chi connectivity index (χ3n) is 2.56. The van der Waals surface area contributed by atoms with Crippen LogP contribution in [0.3, 0.4) is 0 Å². The molecule has 1 heterocycles. The Kier molecular flexibility index (Phi) is 3.65. The maximum Gasteiger partial charge on any atom is 0.273 e. The molecule has 0 saturated heterocycles. The number of hydrogen-bond acceptors (Lipinski definition) is 6. The van der Waals surface area contributed by atoms with Gasteiger partial charge >= 0.3 is 0 Å². The number of rotatable bonds is 5. The smallest absolute Gasteiger partial charge is 0.273 e. The van der Waals surface area contributed by atoms with Gasteiger partial charge in [0.05, 0.1) is 17.2 Å². The summed E-state index contributed by atoms with van der Waals surface area (Å²) >= 11 is 0. The van der Waals surface area contributed by atoms with Crippen LogP contribution in [0.1, 0.15) is 11.5 Å². The van der Waals surface area contributed by atoms with Gasteiger partial charge < -0.3 is 15.2 Å². The quantitative estimate of drug-likeness (QED) is 0.635. The minimum absolute atomic E-state index is 0.0306. The first-order valence-electron chi connectivity index (χ1n) is 5.72. The molecule has 0 saturated carbocycles. The second kappa shape index (κ2) is 5.38. The third kappa shape index (κ3) is 3.21. The molecule has 0 amide bonds. The topological polar surface area (TPSA) is 93.2 Å². The lowest BCUT2D eigenvalue weighted by atomic mass is 10.2. The van der Waals surface area contributed by atoms with E-state index in [0.29, 0.717) is 23.7 Å². The molecule has 0 fully saturated rings. The van der Waals surface area contributed by atoms with E-state index in [-0.39, 0.29) is 5.69 Å². The van der Waals surface area contributed by atoms with E-state index in [1.807, 2.05) is 13.0 Å². The molecule has 0 aliphatic heterocycles. The van der Waals surface area contributed by atoms with E-state index in [9.17, 15) is 10.1 Å². The molecular formula is C12H14N4O3. The van der Waals surface area contributed by atoms with Crippen molar-refractivity contribution in [3.05, 3.63) is 45.8 Å². The largest absolute Gasteiger partial charge is 0.388 e. The van der Waals surface area contributed by atoms with E-state index in [1.165, 1.54) is 12.1 Å². The van der Waals surface area contributed by atoms with Crippen LogP contribution < -0.4 is 10.6 Å². The number of nitrogens with one attached hydrogen (secondary N) is 2. The van der Waals surface area contributed by atoms with Crippen LogP contribution in [0.4, 0.5) is 17.1 Å². The number of nitro groups is 1. The Balaban J connectivity index is 2.15. The third-order valence-corrected chi connectivity index (χ3v) is 2.56. The summed E-state index contributed by atoms with van der Waals surface area (Å²) < 4.78 is 5.06. The van der Waals surface area contributed by atoms with E-state index in [1.54, 1.807) is 13.1 Å². The summed E-state index contributed by atoms with van der Waals surface area (Å²) in [7, 11) is 1.71. The van der Waals surface area contributed by atoms with E-state index < -0.39 is 4.92 Å². The van der Waals surface area contributed by atoms with Crippen molar-refractivity contribution in [3.8, 4) is 0 Å². The van der Waals surface area contributed by atoms with Crippen LogP contribution in [0.5, 0.6) is 0 Å². The summed E-state index contributed by atoms with van der Waals surface area (Å²) in [6, 6.07) is 6.55. The van der Waals surface area contributed by atoms with Gasteiger partial charge in [0.1, 0.15) is 0 Å². The minimum atomic E-state index is -0.426. The number of non-ortho nitro benzene ring substituents is 1. The number of aryl methyl sites for hydroxylation is 1. The predicted molar refractivity (Wildman–Crippen MR) is 71.2 cm³/mol. The molecule has 0 atom stereocenters. The van der Waals surface area contributed by atoms with Gasteiger partial charge in [-0.2, -0.15) is 0 Å². The van der Waals surface area contributed by atoms with Gasteiger partial charge in [0.2, 0.25) is 0 Å². The predicted octanol–water partition coefficient (Wildman–Crippen LogP) is 2.55.